The van der Waals surface area contributed by atoms with Crippen LogP contribution in [0.1, 0.15) is 31.9 Å². The van der Waals surface area contributed by atoms with Crippen LogP contribution in [0.5, 0.6) is 0 Å². The van der Waals surface area contributed by atoms with Crippen molar-refractivity contribution in [2.45, 2.75) is 33.7 Å². The van der Waals surface area contributed by atoms with Gasteiger partial charge in [-0.1, -0.05) is 45.0 Å². The third-order valence-corrected chi connectivity index (χ3v) is 3.17. The van der Waals surface area contributed by atoms with E-state index < -0.39 is 0 Å². The van der Waals surface area contributed by atoms with Crippen molar-refractivity contribution in [2.75, 3.05) is 6.54 Å². The van der Waals surface area contributed by atoms with Gasteiger partial charge in [0.1, 0.15) is 0 Å². The molecule has 0 aliphatic rings. The van der Waals surface area contributed by atoms with Gasteiger partial charge in [0, 0.05) is 12.1 Å². The van der Waals surface area contributed by atoms with Crippen LogP contribution in [0.25, 0.3) is 11.3 Å². The van der Waals surface area contributed by atoms with E-state index in [1.54, 1.807) is 0 Å². The maximum absolute atomic E-state index is 4.16. The van der Waals surface area contributed by atoms with Crippen LogP contribution in [0.2, 0.25) is 0 Å². The molecule has 0 radical (unpaired) electrons. The van der Waals surface area contributed by atoms with Gasteiger partial charge in [-0.25, -0.2) is 0 Å². The number of H-pyrrole nitrogens is 1. The summed E-state index contributed by atoms with van der Waals surface area (Å²) in [7, 11) is 0. The molecule has 3 heteroatoms. The first-order valence-corrected chi connectivity index (χ1v) is 7.03. The quantitative estimate of drug-likeness (QED) is 0.833. The molecule has 0 atom stereocenters. The number of hydrogen-bond acceptors (Lipinski definition) is 2. The molecule has 2 aromatic rings. The molecule has 1 aromatic carbocycles. The third kappa shape index (κ3) is 3.67. The average molecular weight is 257 g/mol. The van der Waals surface area contributed by atoms with E-state index >= 15 is 0 Å². The summed E-state index contributed by atoms with van der Waals surface area (Å²) in [5, 5.41) is 10.6. The molecule has 0 bridgehead atoms. The van der Waals surface area contributed by atoms with Crippen LogP contribution in [0, 0.1) is 5.92 Å². The highest BCUT2D eigenvalue weighted by Gasteiger charge is 2.07. The fraction of sp³-hybridized carbons (Fsp3) is 0.438. The first-order chi connectivity index (χ1) is 9.20. The Labute approximate surface area is 115 Å². The molecule has 0 amide bonds. The SMILES string of the molecule is CCNCc1cn[nH]c1-c1ccc(CC(C)C)cc1. The highest BCUT2D eigenvalue weighted by atomic mass is 15.1. The molecule has 1 aromatic heterocycles. The summed E-state index contributed by atoms with van der Waals surface area (Å²) in [5.74, 6) is 0.697. The highest BCUT2D eigenvalue weighted by Crippen LogP contribution is 2.22. The van der Waals surface area contributed by atoms with E-state index in [2.05, 4.69) is 60.6 Å². The van der Waals surface area contributed by atoms with Gasteiger partial charge in [0.15, 0.2) is 0 Å². The van der Waals surface area contributed by atoms with Crippen LogP contribution in [-0.4, -0.2) is 16.7 Å². The van der Waals surface area contributed by atoms with E-state index in [1.807, 2.05) is 6.20 Å². The van der Waals surface area contributed by atoms with Crippen molar-refractivity contribution in [1.82, 2.24) is 15.5 Å². The Kier molecular flexibility index (Phi) is 4.74. The molecule has 2 rings (SSSR count). The molecular formula is C16H23N3. The zero-order chi connectivity index (χ0) is 13.7. The Bertz CT molecular complexity index is 497. The summed E-state index contributed by atoms with van der Waals surface area (Å²) in [6.07, 6.45) is 3.04. The molecule has 0 unspecified atom stereocenters. The molecule has 102 valence electrons. The number of nitrogens with one attached hydrogen (secondary N) is 2. The van der Waals surface area contributed by atoms with Crippen LogP contribution >= 0.6 is 0 Å². The Morgan fingerprint density at radius 1 is 1.21 bits per heavy atom. The van der Waals surface area contributed by atoms with Gasteiger partial charge in [-0.05, 0) is 30.0 Å². The fourth-order valence-electron chi connectivity index (χ4n) is 2.23. The van der Waals surface area contributed by atoms with Crippen LogP contribution in [0.3, 0.4) is 0 Å². The molecule has 0 saturated heterocycles. The van der Waals surface area contributed by atoms with Gasteiger partial charge >= 0.3 is 0 Å². The van der Waals surface area contributed by atoms with Crippen molar-refractivity contribution in [2.24, 2.45) is 5.92 Å². The van der Waals surface area contributed by atoms with Gasteiger partial charge in [-0.3, -0.25) is 5.10 Å². The first kappa shape index (κ1) is 13.8. The summed E-state index contributed by atoms with van der Waals surface area (Å²) >= 11 is 0. The average Bonchev–Trinajstić information content (AvgIpc) is 2.85. The monoisotopic (exact) mass is 257 g/mol. The lowest BCUT2D eigenvalue weighted by Crippen LogP contribution is -2.11. The lowest BCUT2D eigenvalue weighted by Gasteiger charge is -2.07. The largest absolute Gasteiger partial charge is 0.313 e. The van der Waals surface area contributed by atoms with E-state index in [1.165, 1.54) is 16.7 Å². The minimum absolute atomic E-state index is 0.697. The van der Waals surface area contributed by atoms with Crippen molar-refractivity contribution in [3.63, 3.8) is 0 Å². The van der Waals surface area contributed by atoms with E-state index in [0.717, 1.165) is 25.2 Å². The maximum Gasteiger partial charge on any atom is 0.0695 e. The van der Waals surface area contributed by atoms with Crippen molar-refractivity contribution in [3.8, 4) is 11.3 Å². The number of aromatic amines is 1. The highest BCUT2D eigenvalue weighted by molar-refractivity contribution is 5.62. The minimum Gasteiger partial charge on any atom is -0.313 e. The predicted octanol–water partition coefficient (Wildman–Crippen LogP) is 3.38. The molecule has 0 fully saturated rings. The number of aromatic nitrogens is 2. The van der Waals surface area contributed by atoms with Gasteiger partial charge in [0.05, 0.1) is 11.9 Å². The van der Waals surface area contributed by atoms with E-state index in [9.17, 15) is 0 Å². The Morgan fingerprint density at radius 2 is 1.95 bits per heavy atom. The van der Waals surface area contributed by atoms with Crippen molar-refractivity contribution >= 4 is 0 Å². The molecule has 0 spiro atoms. The summed E-state index contributed by atoms with van der Waals surface area (Å²) < 4.78 is 0. The van der Waals surface area contributed by atoms with Crippen molar-refractivity contribution in [3.05, 3.63) is 41.6 Å². The predicted molar refractivity (Wildman–Crippen MR) is 79.9 cm³/mol. The minimum atomic E-state index is 0.697. The normalized spacial score (nSPS) is 11.2. The fourth-order valence-corrected chi connectivity index (χ4v) is 2.23. The zero-order valence-corrected chi connectivity index (χ0v) is 12.0. The standard InChI is InChI=1S/C16H23N3/c1-4-17-10-15-11-18-19-16(15)14-7-5-13(6-8-14)9-12(2)3/h5-8,11-12,17H,4,9-10H2,1-3H3,(H,18,19). The number of benzene rings is 1. The Hall–Kier alpha value is -1.61. The second-order valence-corrected chi connectivity index (χ2v) is 5.35. The van der Waals surface area contributed by atoms with Gasteiger partial charge in [-0.15, -0.1) is 0 Å². The lowest BCUT2D eigenvalue weighted by atomic mass is 10.00. The number of nitrogens with zero attached hydrogens (tertiary/aromatic N) is 1. The summed E-state index contributed by atoms with van der Waals surface area (Å²) in [4.78, 5) is 0. The van der Waals surface area contributed by atoms with E-state index in [-0.39, 0.29) is 0 Å². The van der Waals surface area contributed by atoms with Crippen molar-refractivity contribution < 1.29 is 0 Å². The first-order valence-electron chi connectivity index (χ1n) is 7.03. The molecule has 1 heterocycles. The van der Waals surface area contributed by atoms with Gasteiger partial charge in [-0.2, -0.15) is 5.10 Å². The molecule has 2 N–H and O–H groups in total. The summed E-state index contributed by atoms with van der Waals surface area (Å²) in [5.41, 5.74) is 4.94. The topological polar surface area (TPSA) is 40.7 Å². The summed E-state index contributed by atoms with van der Waals surface area (Å²) in [6, 6.07) is 8.79. The van der Waals surface area contributed by atoms with E-state index in [0.29, 0.717) is 5.92 Å². The van der Waals surface area contributed by atoms with Crippen LogP contribution < -0.4 is 5.32 Å². The molecular weight excluding hydrogens is 234 g/mol. The molecule has 19 heavy (non-hydrogen) atoms. The molecule has 0 aliphatic heterocycles. The maximum atomic E-state index is 4.16. The third-order valence-electron chi connectivity index (χ3n) is 3.17. The number of rotatable bonds is 6. The Balaban J connectivity index is 2.15. The lowest BCUT2D eigenvalue weighted by molar-refractivity contribution is 0.647. The van der Waals surface area contributed by atoms with Gasteiger partial charge in [0.2, 0.25) is 0 Å². The zero-order valence-electron chi connectivity index (χ0n) is 12.0. The van der Waals surface area contributed by atoms with Gasteiger partial charge in [0.25, 0.3) is 0 Å². The molecule has 0 aliphatic carbocycles. The molecule has 0 saturated carbocycles. The smallest absolute Gasteiger partial charge is 0.0695 e. The second-order valence-electron chi connectivity index (χ2n) is 5.35. The van der Waals surface area contributed by atoms with E-state index in [4.69, 9.17) is 0 Å². The van der Waals surface area contributed by atoms with Gasteiger partial charge < -0.3 is 5.32 Å². The van der Waals surface area contributed by atoms with Crippen LogP contribution in [-0.2, 0) is 13.0 Å². The van der Waals surface area contributed by atoms with Crippen LogP contribution in [0.15, 0.2) is 30.5 Å². The Morgan fingerprint density at radius 3 is 2.58 bits per heavy atom. The van der Waals surface area contributed by atoms with Crippen LogP contribution in [0.4, 0.5) is 0 Å². The number of hydrogen-bond donors (Lipinski definition) is 2. The second kappa shape index (κ2) is 6.53. The molecule has 3 nitrogen and oxygen atoms in total. The summed E-state index contributed by atoms with van der Waals surface area (Å²) in [6.45, 7) is 8.43. The van der Waals surface area contributed by atoms with Crippen molar-refractivity contribution in [1.29, 1.82) is 0 Å².